The maximum Gasteiger partial charge on any atom is 0.322 e. The minimum absolute atomic E-state index is 0.400. The Kier molecular flexibility index (Phi) is 3.85. The lowest BCUT2D eigenvalue weighted by Gasteiger charge is -2.08. The summed E-state index contributed by atoms with van der Waals surface area (Å²) in [5.41, 5.74) is 6.42. The first-order valence-electron chi connectivity index (χ1n) is 4.07. The van der Waals surface area contributed by atoms with Gasteiger partial charge in [-0.25, -0.2) is 4.98 Å². The fourth-order valence-corrected chi connectivity index (χ4v) is 1.13. The molecule has 0 aliphatic rings. The number of methoxy groups -OCH3 is 1. The third kappa shape index (κ3) is 2.97. The van der Waals surface area contributed by atoms with Crippen molar-refractivity contribution in [3.05, 3.63) is 29.0 Å². The zero-order valence-corrected chi connectivity index (χ0v) is 8.49. The number of hydrogen-bond donors (Lipinski definition) is 1. The van der Waals surface area contributed by atoms with Crippen molar-refractivity contribution in [3.63, 3.8) is 0 Å². The molecular formula is C9H11ClN2O2. The van der Waals surface area contributed by atoms with E-state index in [1.807, 2.05) is 0 Å². The minimum Gasteiger partial charge on any atom is -0.468 e. The highest BCUT2D eigenvalue weighted by atomic mass is 35.5. The maximum atomic E-state index is 11.0. The quantitative estimate of drug-likeness (QED) is 0.597. The minimum atomic E-state index is -0.650. The first-order valence-corrected chi connectivity index (χ1v) is 4.45. The topological polar surface area (TPSA) is 65.2 Å². The van der Waals surface area contributed by atoms with Crippen LogP contribution < -0.4 is 5.73 Å². The molecule has 1 rings (SSSR count). The predicted octanol–water partition coefficient (Wildman–Crippen LogP) is 0.778. The number of esters is 1. The lowest BCUT2D eigenvalue weighted by molar-refractivity contribution is -0.142. The molecule has 1 aromatic heterocycles. The van der Waals surface area contributed by atoms with Gasteiger partial charge in [0.05, 0.1) is 7.11 Å². The molecule has 1 heterocycles. The van der Waals surface area contributed by atoms with Gasteiger partial charge in [-0.3, -0.25) is 4.79 Å². The van der Waals surface area contributed by atoms with Gasteiger partial charge in [0.1, 0.15) is 11.2 Å². The molecule has 0 saturated heterocycles. The maximum absolute atomic E-state index is 11.0. The Hall–Kier alpha value is -1.13. The van der Waals surface area contributed by atoms with Gasteiger partial charge in [0.25, 0.3) is 0 Å². The largest absolute Gasteiger partial charge is 0.468 e. The normalized spacial score (nSPS) is 12.2. The van der Waals surface area contributed by atoms with E-state index in [0.29, 0.717) is 11.6 Å². The third-order valence-electron chi connectivity index (χ3n) is 1.75. The molecule has 2 N–H and O–H groups in total. The number of carbonyl (C=O) groups is 1. The van der Waals surface area contributed by atoms with Gasteiger partial charge in [0, 0.05) is 6.20 Å². The van der Waals surface area contributed by atoms with Gasteiger partial charge in [-0.2, -0.15) is 0 Å². The van der Waals surface area contributed by atoms with Crippen LogP contribution >= 0.6 is 11.6 Å². The van der Waals surface area contributed by atoms with Gasteiger partial charge in [0.2, 0.25) is 0 Å². The van der Waals surface area contributed by atoms with Crippen LogP contribution in [0.1, 0.15) is 5.56 Å². The Labute approximate surface area is 87.0 Å². The number of rotatable bonds is 3. The summed E-state index contributed by atoms with van der Waals surface area (Å²) >= 11 is 5.60. The molecule has 4 nitrogen and oxygen atoms in total. The summed E-state index contributed by atoms with van der Waals surface area (Å²) in [6, 6.07) is 2.78. The second-order valence-corrected chi connectivity index (χ2v) is 3.21. The van der Waals surface area contributed by atoms with Crippen molar-refractivity contribution in [3.8, 4) is 0 Å². The molecule has 0 bridgehead atoms. The van der Waals surface area contributed by atoms with Gasteiger partial charge >= 0.3 is 5.97 Å². The summed E-state index contributed by atoms with van der Waals surface area (Å²) in [5, 5.41) is 0.417. The van der Waals surface area contributed by atoms with Crippen LogP contribution in [-0.2, 0) is 16.0 Å². The Morgan fingerprint density at radius 1 is 1.71 bits per heavy atom. The van der Waals surface area contributed by atoms with Crippen molar-refractivity contribution in [1.29, 1.82) is 0 Å². The zero-order valence-electron chi connectivity index (χ0n) is 7.74. The van der Waals surface area contributed by atoms with Crippen LogP contribution in [0.25, 0.3) is 0 Å². The molecule has 0 amide bonds. The van der Waals surface area contributed by atoms with Crippen LogP contribution in [0.2, 0.25) is 5.15 Å². The molecule has 1 unspecified atom stereocenters. The third-order valence-corrected chi connectivity index (χ3v) is 1.97. The van der Waals surface area contributed by atoms with E-state index in [0.717, 1.165) is 5.56 Å². The monoisotopic (exact) mass is 214 g/mol. The first-order chi connectivity index (χ1) is 6.63. The zero-order chi connectivity index (χ0) is 10.6. The van der Waals surface area contributed by atoms with E-state index in [2.05, 4.69) is 9.72 Å². The lowest BCUT2D eigenvalue weighted by atomic mass is 10.1. The predicted molar refractivity (Wildman–Crippen MR) is 52.9 cm³/mol. The average Bonchev–Trinajstić information content (AvgIpc) is 2.20. The van der Waals surface area contributed by atoms with Crippen molar-refractivity contribution in [2.24, 2.45) is 5.73 Å². The Bertz CT molecular complexity index is 313. The molecule has 14 heavy (non-hydrogen) atoms. The first kappa shape index (κ1) is 10.9. The van der Waals surface area contributed by atoms with Gasteiger partial charge in [-0.15, -0.1) is 0 Å². The molecule has 1 atom stereocenters. The van der Waals surface area contributed by atoms with Gasteiger partial charge in [-0.1, -0.05) is 17.7 Å². The summed E-state index contributed by atoms with van der Waals surface area (Å²) in [4.78, 5) is 14.9. The number of halogens is 1. The van der Waals surface area contributed by atoms with Crippen molar-refractivity contribution < 1.29 is 9.53 Å². The molecule has 0 radical (unpaired) electrons. The molecule has 1 aromatic rings. The smallest absolute Gasteiger partial charge is 0.322 e. The molecule has 0 aliphatic carbocycles. The summed E-state index contributed by atoms with van der Waals surface area (Å²) in [7, 11) is 1.31. The van der Waals surface area contributed by atoms with Crippen LogP contribution in [0.3, 0.4) is 0 Å². The molecule has 0 spiro atoms. The van der Waals surface area contributed by atoms with Crippen LogP contribution in [0.5, 0.6) is 0 Å². The number of pyridine rings is 1. The number of aromatic nitrogens is 1. The van der Waals surface area contributed by atoms with E-state index in [-0.39, 0.29) is 0 Å². The van der Waals surface area contributed by atoms with Crippen LogP contribution in [0, 0.1) is 0 Å². The molecule has 0 aliphatic heterocycles. The van der Waals surface area contributed by atoms with E-state index in [9.17, 15) is 4.79 Å². The lowest BCUT2D eigenvalue weighted by Crippen LogP contribution is -2.33. The van der Waals surface area contributed by atoms with Crippen molar-refractivity contribution in [2.45, 2.75) is 12.5 Å². The molecule has 0 aromatic carbocycles. The second kappa shape index (κ2) is 4.93. The fraction of sp³-hybridized carbons (Fsp3) is 0.333. The van der Waals surface area contributed by atoms with Crippen LogP contribution in [0.15, 0.2) is 18.3 Å². The van der Waals surface area contributed by atoms with Gasteiger partial charge in [-0.05, 0) is 18.1 Å². The number of carbonyl (C=O) groups excluding carboxylic acids is 1. The molecular weight excluding hydrogens is 204 g/mol. The summed E-state index contributed by atoms with van der Waals surface area (Å²) in [5.74, 6) is -0.431. The molecule has 0 fully saturated rings. The SMILES string of the molecule is COC(=O)C(N)Cc1ccc(Cl)nc1. The number of nitrogens with two attached hydrogens (primary N) is 1. The Morgan fingerprint density at radius 3 is 2.93 bits per heavy atom. The second-order valence-electron chi connectivity index (χ2n) is 2.82. The van der Waals surface area contributed by atoms with Crippen molar-refractivity contribution in [2.75, 3.05) is 7.11 Å². The van der Waals surface area contributed by atoms with E-state index >= 15 is 0 Å². The van der Waals surface area contributed by atoms with Gasteiger partial charge in [0.15, 0.2) is 0 Å². The van der Waals surface area contributed by atoms with E-state index in [4.69, 9.17) is 17.3 Å². The molecule has 76 valence electrons. The van der Waals surface area contributed by atoms with E-state index in [1.54, 1.807) is 18.3 Å². The summed E-state index contributed by atoms with van der Waals surface area (Å²) < 4.78 is 4.50. The summed E-state index contributed by atoms with van der Waals surface area (Å²) in [6.07, 6.45) is 1.99. The van der Waals surface area contributed by atoms with Gasteiger partial charge < -0.3 is 10.5 Å². The highest BCUT2D eigenvalue weighted by Crippen LogP contribution is 2.07. The molecule has 5 heteroatoms. The van der Waals surface area contributed by atoms with Crippen LogP contribution in [-0.4, -0.2) is 24.1 Å². The van der Waals surface area contributed by atoms with Crippen molar-refractivity contribution in [1.82, 2.24) is 4.98 Å². The standard InChI is InChI=1S/C9H11ClN2O2/c1-14-9(13)7(11)4-6-2-3-8(10)12-5-6/h2-3,5,7H,4,11H2,1H3. The van der Waals surface area contributed by atoms with E-state index < -0.39 is 12.0 Å². The van der Waals surface area contributed by atoms with Crippen molar-refractivity contribution >= 4 is 17.6 Å². The summed E-state index contributed by atoms with van der Waals surface area (Å²) in [6.45, 7) is 0. The fourth-order valence-electron chi connectivity index (χ4n) is 1.02. The highest BCUT2D eigenvalue weighted by molar-refractivity contribution is 6.29. The average molecular weight is 215 g/mol. The van der Waals surface area contributed by atoms with Crippen LogP contribution in [0.4, 0.5) is 0 Å². The molecule has 0 saturated carbocycles. The number of ether oxygens (including phenoxy) is 1. The Balaban J connectivity index is 2.60. The number of hydrogen-bond acceptors (Lipinski definition) is 4. The van der Waals surface area contributed by atoms with E-state index in [1.165, 1.54) is 7.11 Å². The highest BCUT2D eigenvalue weighted by Gasteiger charge is 2.13. The Morgan fingerprint density at radius 2 is 2.43 bits per heavy atom. The number of nitrogens with zero attached hydrogens (tertiary/aromatic N) is 1.